The molecule has 1 aromatic heterocycles. The molecule has 0 radical (unpaired) electrons. The molecular formula is C18H23FN4. The summed E-state index contributed by atoms with van der Waals surface area (Å²) in [5, 5.41) is 8.66. The van der Waals surface area contributed by atoms with Crippen LogP contribution in [0.15, 0.2) is 24.3 Å². The molecule has 5 heteroatoms. The maximum atomic E-state index is 14.2. The van der Waals surface area contributed by atoms with E-state index in [1.165, 1.54) is 6.07 Å². The average Bonchev–Trinajstić information content (AvgIpc) is 2.96. The molecule has 2 unspecified atom stereocenters. The van der Waals surface area contributed by atoms with Crippen molar-refractivity contribution in [2.24, 2.45) is 5.92 Å². The zero-order chi connectivity index (χ0) is 16.4. The molecule has 0 saturated carbocycles. The number of hydrogen-bond acceptors (Lipinski definition) is 4. The van der Waals surface area contributed by atoms with Crippen molar-refractivity contribution in [3.63, 3.8) is 0 Å². The monoisotopic (exact) mass is 314 g/mol. The van der Waals surface area contributed by atoms with Crippen LogP contribution in [-0.4, -0.2) is 21.7 Å². The summed E-state index contributed by atoms with van der Waals surface area (Å²) in [5.41, 5.74) is 2.66. The first-order chi connectivity index (χ1) is 11.1. The third-order valence-electron chi connectivity index (χ3n) is 4.53. The van der Waals surface area contributed by atoms with E-state index < -0.39 is 0 Å². The number of hydrogen-bond donors (Lipinski definition) is 0. The van der Waals surface area contributed by atoms with Crippen LogP contribution in [0.3, 0.4) is 0 Å². The van der Waals surface area contributed by atoms with Crippen molar-refractivity contribution in [3.05, 3.63) is 47.0 Å². The minimum Gasteiger partial charge on any atom is -0.332 e. The first-order valence-corrected chi connectivity index (χ1v) is 8.37. The average molecular weight is 314 g/mol. The van der Waals surface area contributed by atoms with E-state index in [9.17, 15) is 4.39 Å². The number of anilines is 1. The second kappa shape index (κ2) is 6.60. The third kappa shape index (κ3) is 3.05. The molecule has 2 heterocycles. The summed E-state index contributed by atoms with van der Waals surface area (Å²) in [6.07, 6.45) is 2.57. The van der Waals surface area contributed by atoms with Crippen molar-refractivity contribution in [2.75, 3.05) is 11.4 Å². The SMILES string of the molecule is CCc1nnc(N2CC(C)CC2c2ccccc2F)nc1CC. The first kappa shape index (κ1) is 15.8. The Bertz CT molecular complexity index is 688. The lowest BCUT2D eigenvalue weighted by Gasteiger charge is -2.25. The van der Waals surface area contributed by atoms with Crippen LogP contribution >= 0.6 is 0 Å². The molecule has 3 rings (SSSR count). The fourth-order valence-electron chi connectivity index (χ4n) is 3.36. The van der Waals surface area contributed by atoms with E-state index in [2.05, 4.69) is 35.9 Å². The van der Waals surface area contributed by atoms with E-state index in [0.717, 1.165) is 42.8 Å². The highest BCUT2D eigenvalue weighted by atomic mass is 19.1. The van der Waals surface area contributed by atoms with E-state index in [4.69, 9.17) is 4.98 Å². The molecule has 1 aromatic carbocycles. The van der Waals surface area contributed by atoms with Crippen molar-refractivity contribution >= 4 is 5.95 Å². The van der Waals surface area contributed by atoms with Gasteiger partial charge in [-0.15, -0.1) is 5.10 Å². The van der Waals surface area contributed by atoms with Gasteiger partial charge in [0.2, 0.25) is 5.95 Å². The van der Waals surface area contributed by atoms with E-state index in [1.807, 2.05) is 12.1 Å². The van der Waals surface area contributed by atoms with Gasteiger partial charge in [0.05, 0.1) is 17.4 Å². The van der Waals surface area contributed by atoms with Gasteiger partial charge in [-0.2, -0.15) is 5.10 Å². The second-order valence-electron chi connectivity index (χ2n) is 6.24. The van der Waals surface area contributed by atoms with E-state index in [-0.39, 0.29) is 11.9 Å². The van der Waals surface area contributed by atoms with E-state index in [1.54, 1.807) is 6.07 Å². The Kier molecular flexibility index (Phi) is 4.55. The molecule has 0 N–H and O–H groups in total. The van der Waals surface area contributed by atoms with Gasteiger partial charge >= 0.3 is 0 Å². The Balaban J connectivity index is 1.98. The molecular weight excluding hydrogens is 291 g/mol. The van der Waals surface area contributed by atoms with Gasteiger partial charge in [0.25, 0.3) is 0 Å². The van der Waals surface area contributed by atoms with Crippen LogP contribution in [0.1, 0.15) is 50.2 Å². The Labute approximate surface area is 136 Å². The third-order valence-corrected chi connectivity index (χ3v) is 4.53. The van der Waals surface area contributed by atoms with Gasteiger partial charge in [0.1, 0.15) is 5.82 Å². The predicted octanol–water partition coefficient (Wildman–Crippen LogP) is 3.72. The largest absolute Gasteiger partial charge is 0.332 e. The number of benzene rings is 1. The van der Waals surface area contributed by atoms with Crippen molar-refractivity contribution in [2.45, 2.75) is 46.1 Å². The highest BCUT2D eigenvalue weighted by Gasteiger charge is 2.34. The predicted molar refractivity (Wildman–Crippen MR) is 88.9 cm³/mol. The molecule has 1 saturated heterocycles. The zero-order valence-corrected chi connectivity index (χ0v) is 14.0. The molecule has 1 fully saturated rings. The fourth-order valence-corrected chi connectivity index (χ4v) is 3.36. The van der Waals surface area contributed by atoms with Crippen LogP contribution in [0.25, 0.3) is 0 Å². The van der Waals surface area contributed by atoms with Gasteiger partial charge in [-0.1, -0.05) is 39.0 Å². The lowest BCUT2D eigenvalue weighted by Crippen LogP contribution is -2.27. The Hall–Kier alpha value is -2.04. The van der Waals surface area contributed by atoms with Gasteiger partial charge in [-0.05, 0) is 31.2 Å². The molecule has 0 aliphatic carbocycles. The highest BCUT2D eigenvalue weighted by molar-refractivity contribution is 5.39. The second-order valence-corrected chi connectivity index (χ2v) is 6.24. The molecule has 4 nitrogen and oxygen atoms in total. The smallest absolute Gasteiger partial charge is 0.246 e. The lowest BCUT2D eigenvalue weighted by molar-refractivity contribution is 0.561. The maximum Gasteiger partial charge on any atom is 0.246 e. The summed E-state index contributed by atoms with van der Waals surface area (Å²) in [5.74, 6) is 0.932. The van der Waals surface area contributed by atoms with Crippen LogP contribution < -0.4 is 4.90 Å². The van der Waals surface area contributed by atoms with Gasteiger partial charge in [0, 0.05) is 12.1 Å². The van der Waals surface area contributed by atoms with Crippen molar-refractivity contribution in [1.82, 2.24) is 15.2 Å². The summed E-state index contributed by atoms with van der Waals surface area (Å²) in [6.45, 7) is 7.15. The van der Waals surface area contributed by atoms with Crippen LogP contribution in [0.2, 0.25) is 0 Å². The number of aryl methyl sites for hydroxylation is 2. The molecule has 1 aliphatic heterocycles. The van der Waals surface area contributed by atoms with E-state index in [0.29, 0.717) is 11.9 Å². The number of rotatable bonds is 4. The van der Waals surface area contributed by atoms with Crippen molar-refractivity contribution in [1.29, 1.82) is 0 Å². The van der Waals surface area contributed by atoms with Crippen molar-refractivity contribution in [3.8, 4) is 0 Å². The highest BCUT2D eigenvalue weighted by Crippen LogP contribution is 2.38. The summed E-state index contributed by atoms with van der Waals surface area (Å²) in [6, 6.07) is 6.97. The summed E-state index contributed by atoms with van der Waals surface area (Å²) in [4.78, 5) is 6.82. The Morgan fingerprint density at radius 3 is 2.57 bits per heavy atom. The Morgan fingerprint density at radius 2 is 1.87 bits per heavy atom. The molecule has 0 bridgehead atoms. The number of halogens is 1. The van der Waals surface area contributed by atoms with Gasteiger partial charge in [-0.3, -0.25) is 0 Å². The zero-order valence-electron chi connectivity index (χ0n) is 14.0. The minimum atomic E-state index is -0.162. The van der Waals surface area contributed by atoms with Crippen LogP contribution in [-0.2, 0) is 12.8 Å². The van der Waals surface area contributed by atoms with Crippen molar-refractivity contribution < 1.29 is 4.39 Å². The summed E-state index contributed by atoms with van der Waals surface area (Å²) in [7, 11) is 0. The molecule has 0 spiro atoms. The number of aromatic nitrogens is 3. The molecule has 122 valence electrons. The van der Waals surface area contributed by atoms with Gasteiger partial charge in [0.15, 0.2) is 0 Å². The van der Waals surface area contributed by atoms with Crippen LogP contribution in [0.4, 0.5) is 10.3 Å². The molecule has 0 amide bonds. The van der Waals surface area contributed by atoms with E-state index >= 15 is 0 Å². The summed E-state index contributed by atoms with van der Waals surface area (Å²) >= 11 is 0. The summed E-state index contributed by atoms with van der Waals surface area (Å²) < 4.78 is 14.2. The molecule has 2 atom stereocenters. The van der Waals surface area contributed by atoms with Crippen LogP contribution in [0, 0.1) is 11.7 Å². The molecule has 2 aromatic rings. The first-order valence-electron chi connectivity index (χ1n) is 8.37. The maximum absolute atomic E-state index is 14.2. The fraction of sp³-hybridized carbons (Fsp3) is 0.500. The topological polar surface area (TPSA) is 41.9 Å². The molecule has 1 aliphatic rings. The molecule has 23 heavy (non-hydrogen) atoms. The number of nitrogens with zero attached hydrogens (tertiary/aromatic N) is 4. The van der Waals surface area contributed by atoms with Gasteiger partial charge in [-0.25, -0.2) is 9.37 Å². The Morgan fingerprint density at radius 1 is 1.13 bits per heavy atom. The normalized spacial score (nSPS) is 21.0. The lowest BCUT2D eigenvalue weighted by atomic mass is 10.0. The van der Waals surface area contributed by atoms with Crippen LogP contribution in [0.5, 0.6) is 0 Å². The quantitative estimate of drug-likeness (QED) is 0.862. The minimum absolute atomic E-state index is 0.0230. The standard InChI is InChI=1S/C18H23FN4/c1-4-15-16(5-2)21-22-18(20-15)23-11-12(3)10-17(23)13-8-6-7-9-14(13)19/h6-9,12,17H,4-5,10-11H2,1-3H3. The van der Waals surface area contributed by atoms with Gasteiger partial charge < -0.3 is 4.90 Å².